The van der Waals surface area contributed by atoms with Gasteiger partial charge in [-0.2, -0.15) is 0 Å². The highest BCUT2D eigenvalue weighted by Gasteiger charge is 2.15. The minimum absolute atomic E-state index is 0.456. The third-order valence-corrected chi connectivity index (χ3v) is 3.60. The molecule has 0 atom stereocenters. The van der Waals surface area contributed by atoms with E-state index in [2.05, 4.69) is 26.1 Å². The van der Waals surface area contributed by atoms with Crippen molar-refractivity contribution in [2.45, 2.75) is 0 Å². The third kappa shape index (κ3) is 1.66. The van der Waals surface area contributed by atoms with E-state index in [0.29, 0.717) is 5.69 Å². The summed E-state index contributed by atoms with van der Waals surface area (Å²) >= 11 is 3.49. The van der Waals surface area contributed by atoms with Crippen molar-refractivity contribution in [1.29, 1.82) is 0 Å². The average Bonchev–Trinajstić information content (AvgIpc) is 2.77. The van der Waals surface area contributed by atoms with Crippen molar-refractivity contribution in [3.05, 3.63) is 57.9 Å². The van der Waals surface area contributed by atoms with Gasteiger partial charge in [-0.1, -0.05) is 52.3 Å². The van der Waals surface area contributed by atoms with Gasteiger partial charge in [-0.25, -0.2) is 0 Å². The number of aromatic amines is 1. The number of aromatic nitrogens is 1. The monoisotopic (exact) mass is 300 g/mol. The Kier molecular flexibility index (Phi) is 2.72. The van der Waals surface area contributed by atoms with E-state index in [4.69, 9.17) is 0 Å². The van der Waals surface area contributed by atoms with E-state index in [1.807, 2.05) is 48.5 Å². The first kappa shape index (κ1) is 11.2. The molecule has 3 rings (SSSR count). The van der Waals surface area contributed by atoms with Crippen LogP contribution in [0.5, 0.6) is 0 Å². The molecule has 4 heteroatoms. The van der Waals surface area contributed by atoms with Crippen molar-refractivity contribution in [3.63, 3.8) is 0 Å². The summed E-state index contributed by atoms with van der Waals surface area (Å²) in [5.74, 6) is 0. The van der Waals surface area contributed by atoms with Gasteiger partial charge in [-0.15, -0.1) is 4.91 Å². The second-order valence-electron chi connectivity index (χ2n) is 3.97. The Morgan fingerprint density at radius 3 is 2.50 bits per heavy atom. The molecular weight excluding hydrogens is 292 g/mol. The molecule has 0 saturated carbocycles. The molecule has 0 unspecified atom stereocenters. The molecule has 0 aliphatic rings. The molecule has 0 amide bonds. The lowest BCUT2D eigenvalue weighted by molar-refractivity contribution is 1.41. The number of nitrogens with one attached hydrogen (secondary N) is 1. The molecule has 2 aromatic carbocycles. The van der Waals surface area contributed by atoms with Crippen LogP contribution in [0.4, 0.5) is 5.69 Å². The van der Waals surface area contributed by atoms with E-state index >= 15 is 0 Å². The van der Waals surface area contributed by atoms with Gasteiger partial charge in [0, 0.05) is 20.9 Å². The highest BCUT2D eigenvalue weighted by Crippen LogP contribution is 2.39. The highest BCUT2D eigenvalue weighted by atomic mass is 79.9. The van der Waals surface area contributed by atoms with Crippen LogP contribution in [0, 0.1) is 4.91 Å². The quantitative estimate of drug-likeness (QED) is 0.665. The Balaban J connectivity index is 2.36. The number of hydrogen-bond donors (Lipinski definition) is 1. The fourth-order valence-electron chi connectivity index (χ4n) is 2.08. The van der Waals surface area contributed by atoms with Crippen molar-refractivity contribution >= 4 is 32.5 Å². The molecule has 88 valence electrons. The van der Waals surface area contributed by atoms with Gasteiger partial charge in [0.1, 0.15) is 5.69 Å². The Morgan fingerprint density at radius 2 is 1.72 bits per heavy atom. The maximum atomic E-state index is 11.1. The summed E-state index contributed by atoms with van der Waals surface area (Å²) in [6, 6.07) is 15.4. The van der Waals surface area contributed by atoms with Gasteiger partial charge in [0.25, 0.3) is 0 Å². The number of rotatable bonds is 2. The fourth-order valence-corrected chi connectivity index (χ4v) is 2.56. The average molecular weight is 301 g/mol. The third-order valence-electron chi connectivity index (χ3n) is 2.91. The summed E-state index contributed by atoms with van der Waals surface area (Å²) in [7, 11) is 0. The number of benzene rings is 2. The van der Waals surface area contributed by atoms with Crippen LogP contribution in [-0.2, 0) is 0 Å². The summed E-state index contributed by atoms with van der Waals surface area (Å²) < 4.78 is 0.932. The van der Waals surface area contributed by atoms with Crippen molar-refractivity contribution in [2.24, 2.45) is 5.18 Å². The minimum atomic E-state index is 0.456. The molecule has 0 fully saturated rings. The van der Waals surface area contributed by atoms with Crippen molar-refractivity contribution in [1.82, 2.24) is 4.98 Å². The standard InChI is InChI=1S/C14H9BrN2O/c15-11-7-3-1-5-9(11)13-14(17-18)10-6-2-4-8-12(10)16-13/h1-8,16H. The smallest absolute Gasteiger partial charge is 0.141 e. The summed E-state index contributed by atoms with van der Waals surface area (Å²) in [5, 5.41) is 4.02. The van der Waals surface area contributed by atoms with Crippen molar-refractivity contribution in [3.8, 4) is 11.3 Å². The second-order valence-corrected chi connectivity index (χ2v) is 4.82. The van der Waals surface area contributed by atoms with Crippen molar-refractivity contribution < 1.29 is 0 Å². The molecule has 1 aromatic heterocycles. The van der Waals surface area contributed by atoms with Gasteiger partial charge in [-0.05, 0) is 17.3 Å². The van der Waals surface area contributed by atoms with Crippen LogP contribution in [-0.4, -0.2) is 4.98 Å². The predicted octanol–water partition coefficient (Wildman–Crippen LogP) is 5.00. The topological polar surface area (TPSA) is 45.2 Å². The SMILES string of the molecule is O=Nc1c(-c2ccccc2Br)[nH]c2ccccc12. The molecule has 0 aliphatic carbocycles. The molecule has 0 spiro atoms. The normalized spacial score (nSPS) is 10.7. The predicted molar refractivity (Wildman–Crippen MR) is 76.9 cm³/mol. The lowest BCUT2D eigenvalue weighted by Crippen LogP contribution is -1.79. The molecule has 3 nitrogen and oxygen atoms in total. The lowest BCUT2D eigenvalue weighted by Gasteiger charge is -2.01. The van der Waals surface area contributed by atoms with Crippen LogP contribution in [0.15, 0.2) is 58.2 Å². The largest absolute Gasteiger partial charge is 0.353 e. The number of nitrogens with zero attached hydrogens (tertiary/aromatic N) is 1. The van der Waals surface area contributed by atoms with Crippen LogP contribution in [0.1, 0.15) is 0 Å². The highest BCUT2D eigenvalue weighted by molar-refractivity contribution is 9.10. The van der Waals surface area contributed by atoms with Crippen LogP contribution in [0.25, 0.3) is 22.2 Å². The van der Waals surface area contributed by atoms with E-state index in [9.17, 15) is 4.91 Å². The molecule has 0 radical (unpaired) electrons. The minimum Gasteiger partial charge on any atom is -0.353 e. The molecule has 0 saturated heterocycles. The Labute approximate surface area is 112 Å². The number of nitroso groups, excluding NO2 is 1. The van der Waals surface area contributed by atoms with E-state index in [1.165, 1.54) is 0 Å². The summed E-state index contributed by atoms with van der Waals surface area (Å²) in [5.41, 5.74) is 3.05. The van der Waals surface area contributed by atoms with Crippen LogP contribution in [0.2, 0.25) is 0 Å². The number of hydrogen-bond acceptors (Lipinski definition) is 2. The van der Waals surface area contributed by atoms with E-state index in [1.54, 1.807) is 0 Å². The number of H-pyrrole nitrogens is 1. The first-order valence-electron chi connectivity index (χ1n) is 5.50. The number of para-hydroxylation sites is 1. The van der Waals surface area contributed by atoms with Crippen molar-refractivity contribution in [2.75, 3.05) is 0 Å². The van der Waals surface area contributed by atoms with Gasteiger partial charge in [0.2, 0.25) is 0 Å². The van der Waals surface area contributed by atoms with E-state index in [-0.39, 0.29) is 0 Å². The lowest BCUT2D eigenvalue weighted by atomic mass is 10.1. The van der Waals surface area contributed by atoms with Gasteiger partial charge < -0.3 is 4.98 Å². The molecular formula is C14H9BrN2O. The zero-order valence-corrected chi connectivity index (χ0v) is 10.9. The van der Waals surface area contributed by atoms with Gasteiger partial charge in [0.15, 0.2) is 0 Å². The van der Waals surface area contributed by atoms with Gasteiger partial charge in [-0.3, -0.25) is 0 Å². The maximum absolute atomic E-state index is 11.1. The van der Waals surface area contributed by atoms with Crippen LogP contribution in [0.3, 0.4) is 0 Å². The molecule has 1 N–H and O–H groups in total. The number of fused-ring (bicyclic) bond motifs is 1. The molecule has 1 heterocycles. The van der Waals surface area contributed by atoms with Crippen LogP contribution >= 0.6 is 15.9 Å². The summed E-state index contributed by atoms with van der Waals surface area (Å²) in [6.07, 6.45) is 0. The Morgan fingerprint density at radius 1 is 1.00 bits per heavy atom. The fraction of sp³-hybridized carbons (Fsp3) is 0. The van der Waals surface area contributed by atoms with Gasteiger partial charge >= 0.3 is 0 Å². The maximum Gasteiger partial charge on any atom is 0.141 e. The number of halogens is 1. The van der Waals surface area contributed by atoms with Crippen LogP contribution < -0.4 is 0 Å². The Bertz CT molecular complexity index is 733. The molecule has 0 aliphatic heterocycles. The van der Waals surface area contributed by atoms with Gasteiger partial charge in [0.05, 0.1) is 5.69 Å². The zero-order chi connectivity index (χ0) is 12.5. The molecule has 3 aromatic rings. The summed E-state index contributed by atoms with van der Waals surface area (Å²) in [6.45, 7) is 0. The first-order chi connectivity index (χ1) is 8.81. The second kappa shape index (κ2) is 4.38. The summed E-state index contributed by atoms with van der Waals surface area (Å²) in [4.78, 5) is 14.4. The molecule has 0 bridgehead atoms. The zero-order valence-electron chi connectivity index (χ0n) is 9.35. The Hall–Kier alpha value is -1.94. The van der Waals surface area contributed by atoms with E-state index in [0.717, 1.165) is 26.6 Å². The van der Waals surface area contributed by atoms with E-state index < -0.39 is 0 Å². The first-order valence-corrected chi connectivity index (χ1v) is 6.29. The molecule has 18 heavy (non-hydrogen) atoms.